The molecule has 0 aromatic rings. The Morgan fingerprint density at radius 3 is 0.927 bits per heavy atom. The van der Waals surface area contributed by atoms with Crippen molar-refractivity contribution >= 4 is 39.5 Å². The quantitative estimate of drug-likeness (QED) is 0.0222. The van der Waals surface area contributed by atoms with E-state index in [1.165, 1.54) is 109 Å². The lowest BCUT2D eigenvalue weighted by Crippen LogP contribution is -2.30. The van der Waals surface area contributed by atoms with Gasteiger partial charge in [-0.15, -0.1) is 0 Å². The largest absolute Gasteiger partial charge is 0.472 e. The summed E-state index contributed by atoms with van der Waals surface area (Å²) in [5.41, 5.74) is 0. The Labute approximate surface area is 498 Å². The van der Waals surface area contributed by atoms with Crippen LogP contribution in [0.3, 0.4) is 0 Å². The van der Waals surface area contributed by atoms with Gasteiger partial charge in [-0.2, -0.15) is 0 Å². The number of unbranched alkanes of at least 4 members (excludes halogenated alkanes) is 31. The lowest BCUT2D eigenvalue weighted by atomic mass is 10.00. The zero-order valence-electron chi connectivity index (χ0n) is 52.8. The highest BCUT2D eigenvalue weighted by molar-refractivity contribution is 7.47. The average molecular weight is 1210 g/mol. The van der Waals surface area contributed by atoms with E-state index in [4.69, 9.17) is 37.0 Å². The van der Waals surface area contributed by atoms with Crippen molar-refractivity contribution in [2.45, 2.75) is 330 Å². The van der Waals surface area contributed by atoms with Gasteiger partial charge in [0.2, 0.25) is 0 Å². The first-order valence-corrected chi connectivity index (χ1v) is 36.0. The van der Waals surface area contributed by atoms with Crippen LogP contribution in [0.4, 0.5) is 0 Å². The van der Waals surface area contributed by atoms with E-state index >= 15 is 0 Å². The lowest BCUT2D eigenvalue weighted by molar-refractivity contribution is -0.161. The molecule has 0 amide bonds. The zero-order valence-corrected chi connectivity index (χ0v) is 54.6. The lowest BCUT2D eigenvalue weighted by Gasteiger charge is -2.21. The first kappa shape index (κ1) is 80.1. The zero-order chi connectivity index (χ0) is 60.8. The Hall–Kier alpha value is -1.94. The van der Waals surface area contributed by atoms with Gasteiger partial charge in [0.1, 0.15) is 19.3 Å². The number of phosphoric acid groups is 2. The van der Waals surface area contributed by atoms with Gasteiger partial charge < -0.3 is 33.8 Å². The van der Waals surface area contributed by atoms with Crippen LogP contribution in [0.25, 0.3) is 0 Å². The first-order chi connectivity index (χ1) is 39.4. The maximum Gasteiger partial charge on any atom is 0.472 e. The molecule has 0 aliphatic carbocycles. The van der Waals surface area contributed by atoms with Gasteiger partial charge >= 0.3 is 39.5 Å². The number of phosphoric ester groups is 2. The number of aliphatic hydroxyl groups is 1. The molecule has 19 heteroatoms. The molecule has 0 spiro atoms. The van der Waals surface area contributed by atoms with E-state index in [1.807, 2.05) is 0 Å². The number of aliphatic hydroxyl groups excluding tert-OH is 1. The number of ether oxygens (including phenoxy) is 4. The average Bonchev–Trinajstić information content (AvgIpc) is 3.44. The molecule has 0 aromatic carbocycles. The molecular formula is C63H122O17P2. The van der Waals surface area contributed by atoms with E-state index < -0.39 is 97.5 Å². The van der Waals surface area contributed by atoms with Crippen molar-refractivity contribution in [2.24, 2.45) is 11.8 Å². The third-order valence-electron chi connectivity index (χ3n) is 14.8. The minimum absolute atomic E-state index is 0.104. The molecular weight excluding hydrogens is 1090 g/mol. The van der Waals surface area contributed by atoms with E-state index in [2.05, 4.69) is 41.5 Å². The summed E-state index contributed by atoms with van der Waals surface area (Å²) in [5, 5.41) is 10.5. The third-order valence-corrected chi connectivity index (χ3v) is 16.7. The Morgan fingerprint density at radius 2 is 0.622 bits per heavy atom. The van der Waals surface area contributed by atoms with Crippen molar-refractivity contribution in [1.29, 1.82) is 0 Å². The summed E-state index contributed by atoms with van der Waals surface area (Å²) < 4.78 is 67.7. The highest BCUT2D eigenvalue weighted by Crippen LogP contribution is 2.45. The molecule has 17 nitrogen and oxygen atoms in total. The second kappa shape index (κ2) is 55.6. The third kappa shape index (κ3) is 55.9. The fourth-order valence-electron chi connectivity index (χ4n) is 9.32. The van der Waals surface area contributed by atoms with E-state index in [0.717, 1.165) is 121 Å². The van der Waals surface area contributed by atoms with Crippen LogP contribution in [0.5, 0.6) is 0 Å². The van der Waals surface area contributed by atoms with Gasteiger partial charge in [-0.1, -0.05) is 260 Å². The fourth-order valence-corrected chi connectivity index (χ4v) is 10.9. The van der Waals surface area contributed by atoms with Crippen LogP contribution in [0.1, 0.15) is 311 Å². The predicted octanol–water partition coefficient (Wildman–Crippen LogP) is 17.3. The summed E-state index contributed by atoms with van der Waals surface area (Å²) in [6.07, 6.45) is 38.1. The second-order valence-electron chi connectivity index (χ2n) is 23.5. The standard InChI is InChI=1S/C63H122O17P2/c1-7-10-12-14-15-27-35-41-47-62(67)79-58(51-73-60(65)45-39-31-13-11-8-2)53-77-81(69,70)75-49-57(64)50-76-82(71,72)78-54-59(52-74-61(66)46-40-34-30-29-33-38-44-56(6)9-3)80-63(68)48-42-36-28-25-23-21-19-17-16-18-20-22-24-26-32-37-43-55(4)5/h55-59,64H,7-54H2,1-6H3,(H,69,70)(H,71,72)/t56?,57-,58+,59+/m0/s1. The minimum Gasteiger partial charge on any atom is -0.462 e. The monoisotopic (exact) mass is 1210 g/mol. The van der Waals surface area contributed by atoms with Crippen LogP contribution in [0.15, 0.2) is 0 Å². The van der Waals surface area contributed by atoms with E-state index in [1.54, 1.807) is 0 Å². The van der Waals surface area contributed by atoms with Gasteiger partial charge in [0, 0.05) is 25.7 Å². The van der Waals surface area contributed by atoms with Gasteiger partial charge in [-0.25, -0.2) is 9.13 Å². The van der Waals surface area contributed by atoms with Crippen LogP contribution >= 0.6 is 15.6 Å². The topological polar surface area (TPSA) is 237 Å². The summed E-state index contributed by atoms with van der Waals surface area (Å²) in [7, 11) is -9.87. The SMILES string of the molecule is CCCCCCCCCCC(=O)O[C@H](COC(=O)CCCCCCC)COP(=O)(O)OC[C@H](O)COP(=O)(O)OC[C@@H](COC(=O)CCCCCCCCC(C)CC)OC(=O)CCCCCCCCCCCCCCCCCCC(C)C. The van der Waals surface area contributed by atoms with Crippen LogP contribution in [0, 0.1) is 11.8 Å². The van der Waals surface area contributed by atoms with Gasteiger partial charge in [-0.05, 0) is 37.5 Å². The number of esters is 4. The highest BCUT2D eigenvalue weighted by atomic mass is 31.2. The van der Waals surface area contributed by atoms with E-state index in [0.29, 0.717) is 25.7 Å². The Morgan fingerprint density at radius 1 is 0.354 bits per heavy atom. The van der Waals surface area contributed by atoms with Crippen molar-refractivity contribution in [2.75, 3.05) is 39.6 Å². The summed E-state index contributed by atoms with van der Waals surface area (Å²) in [6, 6.07) is 0. The molecule has 82 heavy (non-hydrogen) atoms. The summed E-state index contributed by atoms with van der Waals surface area (Å²) in [6.45, 7) is 9.36. The summed E-state index contributed by atoms with van der Waals surface area (Å²) in [4.78, 5) is 71.8. The number of hydrogen-bond donors (Lipinski definition) is 3. The molecule has 0 rings (SSSR count). The number of carbonyl (C=O) groups excluding carboxylic acids is 4. The van der Waals surface area contributed by atoms with Crippen LogP contribution < -0.4 is 0 Å². The predicted molar refractivity (Wildman–Crippen MR) is 326 cm³/mol. The van der Waals surface area contributed by atoms with Gasteiger partial charge in [0.05, 0.1) is 26.4 Å². The highest BCUT2D eigenvalue weighted by Gasteiger charge is 2.30. The molecule has 0 saturated carbocycles. The van der Waals surface area contributed by atoms with Crippen LogP contribution in [0.2, 0.25) is 0 Å². The molecule has 486 valence electrons. The first-order valence-electron chi connectivity index (χ1n) is 33.0. The normalized spacial score (nSPS) is 14.7. The summed E-state index contributed by atoms with van der Waals surface area (Å²) >= 11 is 0. The van der Waals surface area contributed by atoms with Gasteiger partial charge in [0.15, 0.2) is 12.2 Å². The van der Waals surface area contributed by atoms with Crippen molar-refractivity contribution in [3.8, 4) is 0 Å². The molecule has 0 saturated heterocycles. The molecule has 0 aromatic heterocycles. The molecule has 0 bridgehead atoms. The molecule has 0 radical (unpaired) electrons. The van der Waals surface area contributed by atoms with Crippen molar-refractivity contribution in [3.05, 3.63) is 0 Å². The Balaban J connectivity index is 5.11. The summed E-state index contributed by atoms with van der Waals surface area (Å²) in [5.74, 6) is -0.610. The smallest absolute Gasteiger partial charge is 0.462 e. The van der Waals surface area contributed by atoms with Gasteiger partial charge in [-0.3, -0.25) is 37.3 Å². The van der Waals surface area contributed by atoms with E-state index in [-0.39, 0.29) is 25.7 Å². The maximum absolute atomic E-state index is 13.0. The minimum atomic E-state index is -4.94. The molecule has 0 fully saturated rings. The van der Waals surface area contributed by atoms with Crippen molar-refractivity contribution in [1.82, 2.24) is 0 Å². The molecule has 3 unspecified atom stereocenters. The molecule has 0 heterocycles. The molecule has 0 aliphatic heterocycles. The van der Waals surface area contributed by atoms with Crippen LogP contribution in [-0.2, 0) is 65.4 Å². The fraction of sp³-hybridized carbons (Fsp3) is 0.937. The number of hydrogen-bond acceptors (Lipinski definition) is 15. The van der Waals surface area contributed by atoms with Crippen molar-refractivity contribution < 1.29 is 80.2 Å². The van der Waals surface area contributed by atoms with Gasteiger partial charge in [0.25, 0.3) is 0 Å². The second-order valence-corrected chi connectivity index (χ2v) is 26.4. The maximum atomic E-state index is 13.0. The number of carbonyl (C=O) groups is 4. The molecule has 3 N–H and O–H groups in total. The number of rotatable bonds is 62. The van der Waals surface area contributed by atoms with E-state index in [9.17, 15) is 43.2 Å². The van der Waals surface area contributed by atoms with Crippen LogP contribution in [-0.4, -0.2) is 96.7 Å². The molecule has 6 atom stereocenters. The Bertz CT molecular complexity index is 1620. The van der Waals surface area contributed by atoms with Crippen molar-refractivity contribution in [3.63, 3.8) is 0 Å². The molecule has 0 aliphatic rings. The Kier molecular flexibility index (Phi) is 54.3.